The van der Waals surface area contributed by atoms with Gasteiger partial charge in [0.05, 0.1) is 25.4 Å². The maximum absolute atomic E-state index is 12.8. The molecule has 7 heteroatoms. The van der Waals surface area contributed by atoms with Crippen LogP contribution in [-0.4, -0.2) is 34.7 Å². The number of amides is 1. The molecule has 1 aliphatic rings. The molecule has 1 saturated heterocycles. The fourth-order valence-electron chi connectivity index (χ4n) is 3.99. The summed E-state index contributed by atoms with van der Waals surface area (Å²) in [5.41, 5.74) is 1.69. The van der Waals surface area contributed by atoms with Gasteiger partial charge in [-0.1, -0.05) is 45.2 Å². The number of nitrogens with zero attached hydrogens (tertiary/aromatic N) is 1. The summed E-state index contributed by atoms with van der Waals surface area (Å²) in [4.78, 5) is 26.7. The second-order valence-electron chi connectivity index (χ2n) is 8.19. The van der Waals surface area contributed by atoms with Gasteiger partial charge in [-0.2, -0.15) is 0 Å². The van der Waals surface area contributed by atoms with Gasteiger partial charge in [-0.3, -0.25) is 4.79 Å². The van der Waals surface area contributed by atoms with Crippen molar-refractivity contribution in [2.75, 3.05) is 11.5 Å². The van der Waals surface area contributed by atoms with E-state index in [1.807, 2.05) is 31.2 Å². The summed E-state index contributed by atoms with van der Waals surface area (Å²) < 4.78 is 5.85. The Bertz CT molecular complexity index is 878. The lowest BCUT2D eigenvalue weighted by atomic mass is 10.0. The van der Waals surface area contributed by atoms with Gasteiger partial charge in [0.25, 0.3) is 0 Å². The second-order valence-corrected chi connectivity index (χ2v) is 9.36. The summed E-state index contributed by atoms with van der Waals surface area (Å²) in [6, 6.07) is 10.9. The number of carboxylic acid groups (broad SMARTS) is 1. The molecule has 2 heterocycles. The van der Waals surface area contributed by atoms with E-state index >= 15 is 0 Å². The van der Waals surface area contributed by atoms with Crippen LogP contribution in [0.5, 0.6) is 0 Å². The number of unbranched alkanes of at least 4 members (excludes halogenated alkanes) is 2. The van der Waals surface area contributed by atoms with Crippen LogP contribution in [0.25, 0.3) is 0 Å². The minimum Gasteiger partial charge on any atom is -0.477 e. The number of ether oxygens (including phenoxy) is 1. The van der Waals surface area contributed by atoms with Crippen molar-refractivity contribution in [3.8, 4) is 0 Å². The Labute approximate surface area is 187 Å². The number of aromatic carboxylic acids is 1. The van der Waals surface area contributed by atoms with Gasteiger partial charge in [0, 0.05) is 16.5 Å². The molecule has 1 aliphatic heterocycles. The normalized spacial score (nSPS) is 19.7. The van der Waals surface area contributed by atoms with Gasteiger partial charge in [0.1, 0.15) is 4.88 Å². The van der Waals surface area contributed by atoms with Crippen molar-refractivity contribution in [2.24, 2.45) is 5.92 Å². The van der Waals surface area contributed by atoms with E-state index in [1.165, 1.54) is 11.3 Å². The molecule has 2 aromatic rings. The van der Waals surface area contributed by atoms with Crippen LogP contribution >= 0.6 is 11.3 Å². The Kier molecular flexibility index (Phi) is 8.23. The molecule has 2 N–H and O–H groups in total. The van der Waals surface area contributed by atoms with Crippen molar-refractivity contribution < 1.29 is 24.5 Å². The fraction of sp³-hybridized carbons (Fsp3) is 0.500. The van der Waals surface area contributed by atoms with Gasteiger partial charge in [-0.25, -0.2) is 4.79 Å². The number of carbonyl (C=O) groups excluding carboxylic acids is 1. The molecule has 3 rings (SSSR count). The summed E-state index contributed by atoms with van der Waals surface area (Å²) in [6.45, 7) is 4.79. The monoisotopic (exact) mass is 445 g/mol. The van der Waals surface area contributed by atoms with Crippen molar-refractivity contribution in [1.29, 1.82) is 0 Å². The highest BCUT2D eigenvalue weighted by Gasteiger charge is 2.37. The van der Waals surface area contributed by atoms with Crippen molar-refractivity contribution in [3.05, 3.63) is 51.7 Å². The minimum absolute atomic E-state index is 0.0678. The highest BCUT2D eigenvalue weighted by atomic mass is 32.1. The number of anilines is 1. The average Bonchev–Trinajstić information content (AvgIpc) is 3.33. The predicted molar refractivity (Wildman–Crippen MR) is 122 cm³/mol. The van der Waals surface area contributed by atoms with Gasteiger partial charge in [0.2, 0.25) is 5.91 Å². The van der Waals surface area contributed by atoms with Crippen molar-refractivity contribution in [1.82, 2.24) is 0 Å². The van der Waals surface area contributed by atoms with Crippen LogP contribution in [0.15, 0.2) is 36.4 Å². The molecule has 1 aromatic carbocycles. The molecule has 1 fully saturated rings. The number of benzene rings is 1. The molecule has 0 spiro atoms. The predicted octanol–water partition coefficient (Wildman–Crippen LogP) is 5.02. The lowest BCUT2D eigenvalue weighted by Crippen LogP contribution is -2.36. The number of rotatable bonds is 11. The lowest BCUT2D eigenvalue weighted by Gasteiger charge is -2.25. The molecule has 6 nitrogen and oxygen atoms in total. The number of aliphatic hydroxyl groups is 1. The zero-order valence-electron chi connectivity index (χ0n) is 18.1. The number of carboxylic acids is 1. The van der Waals surface area contributed by atoms with E-state index in [2.05, 4.69) is 6.92 Å². The summed E-state index contributed by atoms with van der Waals surface area (Å²) in [6.07, 6.45) is 4.21. The smallest absolute Gasteiger partial charge is 0.345 e. The van der Waals surface area contributed by atoms with E-state index in [0.29, 0.717) is 24.5 Å². The molecule has 1 amide bonds. The maximum Gasteiger partial charge on any atom is 0.345 e. The number of thiophene rings is 1. The van der Waals surface area contributed by atoms with Gasteiger partial charge < -0.3 is 19.8 Å². The van der Waals surface area contributed by atoms with Gasteiger partial charge in [0.15, 0.2) is 0 Å². The van der Waals surface area contributed by atoms with E-state index in [9.17, 15) is 14.7 Å². The average molecular weight is 446 g/mol. The molecule has 1 unspecified atom stereocenters. The van der Waals surface area contributed by atoms with E-state index in [-0.39, 0.29) is 17.9 Å². The van der Waals surface area contributed by atoms with Crippen LogP contribution in [-0.2, 0) is 16.1 Å². The summed E-state index contributed by atoms with van der Waals surface area (Å²) >= 11 is 1.20. The van der Waals surface area contributed by atoms with Crippen LogP contribution in [0.1, 0.15) is 72.2 Å². The van der Waals surface area contributed by atoms with Crippen molar-refractivity contribution in [2.45, 2.75) is 64.7 Å². The Hall–Kier alpha value is -2.22. The third-order valence-electron chi connectivity index (χ3n) is 5.71. The SMILES string of the molecule is CCCCC[C@H](O)c1ccc(N2C(=O)C(C)C[C@@H]2COCc2ccc(C(=O)O)s2)cc1. The Morgan fingerprint density at radius 3 is 2.61 bits per heavy atom. The number of hydrogen-bond donors (Lipinski definition) is 2. The first-order chi connectivity index (χ1) is 14.9. The van der Waals surface area contributed by atoms with Gasteiger partial charge in [-0.15, -0.1) is 11.3 Å². The Morgan fingerprint density at radius 1 is 1.23 bits per heavy atom. The minimum atomic E-state index is -0.934. The van der Waals surface area contributed by atoms with Crippen molar-refractivity contribution >= 4 is 28.9 Å². The largest absolute Gasteiger partial charge is 0.477 e. The summed E-state index contributed by atoms with van der Waals surface area (Å²) in [5, 5.41) is 19.4. The van der Waals surface area contributed by atoms with E-state index in [4.69, 9.17) is 9.84 Å². The third-order valence-corrected chi connectivity index (χ3v) is 6.76. The molecular formula is C24H31NO5S. The highest BCUT2D eigenvalue weighted by molar-refractivity contribution is 7.13. The molecule has 0 saturated carbocycles. The summed E-state index contributed by atoms with van der Waals surface area (Å²) in [5.74, 6) is -0.932. The van der Waals surface area contributed by atoms with E-state index in [0.717, 1.165) is 41.8 Å². The lowest BCUT2D eigenvalue weighted by molar-refractivity contribution is -0.120. The zero-order valence-corrected chi connectivity index (χ0v) is 18.9. The summed E-state index contributed by atoms with van der Waals surface area (Å²) in [7, 11) is 0. The van der Waals surface area contributed by atoms with Crippen molar-refractivity contribution in [3.63, 3.8) is 0 Å². The van der Waals surface area contributed by atoms with Gasteiger partial charge in [-0.05, 0) is 42.7 Å². The van der Waals surface area contributed by atoms with Crippen LogP contribution in [0.2, 0.25) is 0 Å². The Balaban J connectivity index is 1.61. The molecule has 0 bridgehead atoms. The Morgan fingerprint density at radius 2 is 1.97 bits per heavy atom. The first-order valence-electron chi connectivity index (χ1n) is 10.9. The highest BCUT2D eigenvalue weighted by Crippen LogP contribution is 2.32. The first kappa shape index (κ1) is 23.4. The fourth-order valence-corrected chi connectivity index (χ4v) is 4.77. The zero-order chi connectivity index (χ0) is 22.4. The van der Waals surface area contributed by atoms with E-state index in [1.54, 1.807) is 17.0 Å². The van der Waals surface area contributed by atoms with Gasteiger partial charge >= 0.3 is 5.97 Å². The molecule has 3 atom stereocenters. The maximum atomic E-state index is 12.8. The number of hydrogen-bond acceptors (Lipinski definition) is 5. The first-order valence-corrected chi connectivity index (χ1v) is 11.7. The van der Waals surface area contributed by atoms with Crippen LogP contribution in [0.3, 0.4) is 0 Å². The molecule has 1 aromatic heterocycles. The molecular weight excluding hydrogens is 414 g/mol. The standard InChI is InChI=1S/C24H31NO5S/c1-3-4-5-6-21(26)17-7-9-18(10-8-17)25-19(13-16(2)23(25)27)14-30-15-20-11-12-22(31-20)24(28)29/h7-12,16,19,21,26H,3-6,13-15H2,1-2H3,(H,28,29)/t16?,19-,21+/m1/s1. The molecule has 0 radical (unpaired) electrons. The third kappa shape index (κ3) is 5.93. The number of carbonyl (C=O) groups is 2. The van der Waals surface area contributed by atoms with Crippen LogP contribution in [0, 0.1) is 5.92 Å². The van der Waals surface area contributed by atoms with Crippen LogP contribution in [0.4, 0.5) is 5.69 Å². The van der Waals surface area contributed by atoms with Crippen LogP contribution < -0.4 is 4.90 Å². The quantitative estimate of drug-likeness (QED) is 0.474. The molecule has 31 heavy (non-hydrogen) atoms. The topological polar surface area (TPSA) is 87.1 Å². The molecule has 168 valence electrons. The second kappa shape index (κ2) is 10.9. The van der Waals surface area contributed by atoms with E-state index < -0.39 is 12.1 Å². The number of aliphatic hydroxyl groups excluding tert-OH is 1. The molecule has 0 aliphatic carbocycles.